The van der Waals surface area contributed by atoms with Gasteiger partial charge in [0.15, 0.2) is 0 Å². The normalized spacial score (nSPS) is 11.5. The molecule has 12 rings (SSSR count). The Morgan fingerprint density at radius 1 is 0.290 bits per heavy atom. The van der Waals surface area contributed by atoms with Crippen molar-refractivity contribution in [3.8, 4) is 44.5 Å². The van der Waals surface area contributed by atoms with E-state index < -0.39 is 0 Å². The van der Waals surface area contributed by atoms with Gasteiger partial charge in [-0.05, 0) is 120 Å². The molecule has 290 valence electrons. The molecule has 11 aromatic carbocycles. The van der Waals surface area contributed by atoms with Crippen LogP contribution in [0.2, 0.25) is 0 Å². The smallest absolute Gasteiger partial charge is 0.0555 e. The lowest BCUT2D eigenvalue weighted by atomic mass is 9.84. The van der Waals surface area contributed by atoms with E-state index in [1.54, 1.807) is 0 Å². The highest BCUT2D eigenvalue weighted by molar-refractivity contribution is 7.26. The quantitative estimate of drug-likeness (QED) is 0.145. The topological polar surface area (TPSA) is 3.24 Å². The molecular formula is C60H39NS. The van der Waals surface area contributed by atoms with E-state index in [1.807, 2.05) is 11.3 Å². The third-order valence-electron chi connectivity index (χ3n) is 12.4. The van der Waals surface area contributed by atoms with Crippen molar-refractivity contribution in [2.75, 3.05) is 4.90 Å². The summed E-state index contributed by atoms with van der Waals surface area (Å²) in [4.78, 5) is 2.49. The van der Waals surface area contributed by atoms with Crippen LogP contribution in [0.1, 0.15) is 0 Å². The average molecular weight is 806 g/mol. The molecule has 0 spiro atoms. The molecule has 0 fully saturated rings. The van der Waals surface area contributed by atoms with Gasteiger partial charge in [-0.1, -0.05) is 188 Å². The van der Waals surface area contributed by atoms with Crippen molar-refractivity contribution < 1.29 is 0 Å². The van der Waals surface area contributed by atoms with E-state index in [1.165, 1.54) is 91.4 Å². The van der Waals surface area contributed by atoms with Crippen molar-refractivity contribution in [3.63, 3.8) is 0 Å². The monoisotopic (exact) mass is 805 g/mol. The van der Waals surface area contributed by atoms with Crippen molar-refractivity contribution in [1.29, 1.82) is 0 Å². The van der Waals surface area contributed by atoms with Gasteiger partial charge < -0.3 is 4.90 Å². The van der Waals surface area contributed by atoms with Crippen molar-refractivity contribution in [2.24, 2.45) is 0 Å². The van der Waals surface area contributed by atoms with E-state index in [-0.39, 0.29) is 0 Å². The highest BCUT2D eigenvalue weighted by Crippen LogP contribution is 2.49. The van der Waals surface area contributed by atoms with Gasteiger partial charge in [0.05, 0.1) is 11.4 Å². The number of hydrogen-bond acceptors (Lipinski definition) is 2. The molecule has 0 saturated heterocycles. The summed E-state index contributed by atoms with van der Waals surface area (Å²) in [6, 6.07) is 86.8. The maximum Gasteiger partial charge on any atom is 0.0555 e. The van der Waals surface area contributed by atoms with Crippen LogP contribution in [-0.4, -0.2) is 0 Å². The Kier molecular flexibility index (Phi) is 8.76. The van der Waals surface area contributed by atoms with E-state index in [0.717, 1.165) is 22.6 Å². The Balaban J connectivity index is 1.10. The highest BCUT2D eigenvalue weighted by atomic mass is 32.1. The molecule has 2 heteroatoms. The lowest BCUT2D eigenvalue weighted by molar-refractivity contribution is 1.30. The number of anilines is 3. The Labute approximate surface area is 365 Å². The first-order valence-corrected chi connectivity index (χ1v) is 22.1. The minimum absolute atomic E-state index is 1.10. The van der Waals surface area contributed by atoms with Gasteiger partial charge in [0.1, 0.15) is 0 Å². The zero-order chi connectivity index (χ0) is 41.0. The van der Waals surface area contributed by atoms with Crippen LogP contribution in [0.3, 0.4) is 0 Å². The predicted octanol–water partition coefficient (Wildman–Crippen LogP) is 17.7. The summed E-state index contributed by atoms with van der Waals surface area (Å²) in [7, 11) is 0. The zero-order valence-electron chi connectivity index (χ0n) is 33.9. The number of hydrogen-bond donors (Lipinski definition) is 0. The van der Waals surface area contributed by atoms with Crippen molar-refractivity contribution in [3.05, 3.63) is 237 Å². The molecule has 12 aromatic rings. The minimum Gasteiger partial charge on any atom is -0.309 e. The van der Waals surface area contributed by atoms with Gasteiger partial charge in [0, 0.05) is 31.4 Å². The second-order valence-corrected chi connectivity index (χ2v) is 17.1. The summed E-state index contributed by atoms with van der Waals surface area (Å²) in [5.74, 6) is 0. The molecule has 1 heterocycles. The third kappa shape index (κ3) is 6.07. The summed E-state index contributed by atoms with van der Waals surface area (Å²) in [6.07, 6.45) is 0. The molecule has 0 radical (unpaired) electrons. The lowest BCUT2D eigenvalue weighted by Crippen LogP contribution is -2.11. The number of rotatable bonds is 7. The summed E-state index contributed by atoms with van der Waals surface area (Å²) in [6.45, 7) is 0. The van der Waals surface area contributed by atoms with Gasteiger partial charge in [-0.15, -0.1) is 11.3 Å². The van der Waals surface area contributed by atoms with E-state index >= 15 is 0 Å². The van der Waals surface area contributed by atoms with E-state index in [9.17, 15) is 0 Å². The van der Waals surface area contributed by atoms with Crippen LogP contribution in [0.25, 0.3) is 97.0 Å². The number of nitrogens with zero attached hydrogens (tertiary/aromatic N) is 1. The molecule has 0 aliphatic heterocycles. The number of para-hydroxylation sites is 1. The van der Waals surface area contributed by atoms with Crippen molar-refractivity contribution >= 4 is 80.9 Å². The molecular weight excluding hydrogens is 767 g/mol. The van der Waals surface area contributed by atoms with Gasteiger partial charge in [0.2, 0.25) is 0 Å². The first-order valence-electron chi connectivity index (χ1n) is 21.3. The fourth-order valence-corrected chi connectivity index (χ4v) is 10.7. The van der Waals surface area contributed by atoms with Gasteiger partial charge in [-0.25, -0.2) is 0 Å². The number of fused-ring (bicyclic) bond motifs is 7. The average Bonchev–Trinajstić information content (AvgIpc) is 3.74. The van der Waals surface area contributed by atoms with Gasteiger partial charge >= 0.3 is 0 Å². The van der Waals surface area contributed by atoms with Crippen LogP contribution in [0, 0.1) is 0 Å². The molecule has 0 atom stereocenters. The lowest BCUT2D eigenvalue weighted by Gasteiger charge is -2.29. The van der Waals surface area contributed by atoms with E-state index in [4.69, 9.17) is 0 Å². The van der Waals surface area contributed by atoms with Gasteiger partial charge in [0.25, 0.3) is 0 Å². The molecule has 0 aliphatic rings. The minimum atomic E-state index is 1.10. The summed E-state index contributed by atoms with van der Waals surface area (Å²) in [5.41, 5.74) is 13.0. The molecule has 0 amide bonds. The van der Waals surface area contributed by atoms with Crippen LogP contribution >= 0.6 is 11.3 Å². The Hall–Kier alpha value is -7.78. The molecule has 0 unspecified atom stereocenters. The van der Waals surface area contributed by atoms with Crippen LogP contribution < -0.4 is 4.90 Å². The van der Waals surface area contributed by atoms with Crippen LogP contribution in [0.5, 0.6) is 0 Å². The summed E-state index contributed by atoms with van der Waals surface area (Å²) < 4.78 is 2.57. The van der Waals surface area contributed by atoms with Gasteiger partial charge in [-0.3, -0.25) is 0 Å². The second kappa shape index (κ2) is 15.0. The van der Waals surface area contributed by atoms with Crippen molar-refractivity contribution in [1.82, 2.24) is 0 Å². The van der Waals surface area contributed by atoms with E-state index in [0.29, 0.717) is 0 Å². The maximum absolute atomic E-state index is 2.49. The largest absolute Gasteiger partial charge is 0.309 e. The summed E-state index contributed by atoms with van der Waals surface area (Å²) in [5, 5.41) is 10.0. The first-order chi connectivity index (χ1) is 30.8. The molecule has 62 heavy (non-hydrogen) atoms. The third-order valence-corrected chi connectivity index (χ3v) is 13.6. The fourth-order valence-electron chi connectivity index (χ4n) is 9.60. The van der Waals surface area contributed by atoms with Crippen molar-refractivity contribution in [2.45, 2.75) is 0 Å². The molecule has 0 aliphatic carbocycles. The first kappa shape index (κ1) is 36.1. The van der Waals surface area contributed by atoms with Gasteiger partial charge in [-0.2, -0.15) is 0 Å². The zero-order valence-corrected chi connectivity index (χ0v) is 34.7. The number of thiophene rings is 1. The Morgan fingerprint density at radius 3 is 1.65 bits per heavy atom. The van der Waals surface area contributed by atoms with Crippen LogP contribution in [-0.2, 0) is 0 Å². The molecule has 1 nitrogen and oxygen atoms in total. The van der Waals surface area contributed by atoms with Crippen LogP contribution in [0.4, 0.5) is 17.1 Å². The summed E-state index contributed by atoms with van der Waals surface area (Å²) >= 11 is 1.86. The molecule has 0 saturated carbocycles. The molecule has 1 aromatic heterocycles. The van der Waals surface area contributed by atoms with Crippen LogP contribution in [0.15, 0.2) is 237 Å². The Bertz CT molecular complexity index is 3620. The maximum atomic E-state index is 2.49. The second-order valence-electron chi connectivity index (χ2n) is 16.0. The highest BCUT2D eigenvalue weighted by Gasteiger charge is 2.23. The molecule has 0 N–H and O–H groups in total. The standard InChI is InChI=1S/C60H39NS/c1-3-17-42(18-4-1)58-51-24-10-9-23-49(51)50-37-34-46(39-53(50)59(58)43-19-5-2-6-20-43)48-22-11-13-26-54(48)61(55-27-15-29-57-60(55)52-25-12-14-28-56(52)62-57)47-35-32-41(33-36-47)45-31-30-40-16-7-8-21-44(40)38-45/h1-39H. The SMILES string of the molecule is c1ccc(-c2c(-c3ccccc3)c3cc(-c4ccccc4N(c4ccc(-c5ccc6ccccc6c5)cc4)c4cccc5sc6ccccc6c45)ccc3c3ccccc23)cc1. The number of benzene rings is 11. The predicted molar refractivity (Wildman–Crippen MR) is 268 cm³/mol. The van der Waals surface area contributed by atoms with E-state index in [2.05, 4.69) is 241 Å². The fraction of sp³-hybridized carbons (Fsp3) is 0. The molecule has 0 bridgehead atoms. The Morgan fingerprint density at radius 2 is 0.855 bits per heavy atom.